The van der Waals surface area contributed by atoms with Crippen molar-refractivity contribution >= 4 is 26.5 Å². The van der Waals surface area contributed by atoms with Crippen LogP contribution in [0.25, 0.3) is 5.70 Å². The monoisotopic (exact) mass is 239 g/mol. The molecule has 0 saturated heterocycles. The molecule has 0 aliphatic heterocycles. The van der Waals surface area contributed by atoms with E-state index in [1.54, 1.807) is 12.2 Å². The molecule has 0 amide bonds. The summed E-state index contributed by atoms with van der Waals surface area (Å²) in [5, 5.41) is 2.51. The van der Waals surface area contributed by atoms with E-state index in [0.717, 1.165) is 0 Å². The fraction of sp³-hybridized carbons (Fsp3) is 0.111. The van der Waals surface area contributed by atoms with Crippen LogP contribution in [0, 0.1) is 0 Å². The van der Waals surface area contributed by atoms with Crippen LogP contribution in [0.2, 0.25) is 0 Å². The highest BCUT2D eigenvalue weighted by Crippen LogP contribution is 2.12. The highest BCUT2D eigenvalue weighted by atomic mass is 32.2. The van der Waals surface area contributed by atoms with Gasteiger partial charge in [-0.1, -0.05) is 6.08 Å². The molecule has 84 valence electrons. The number of H-pyrrole nitrogens is 1. The number of nitrogen functional groups attached to an aromatic ring is 1. The van der Waals surface area contributed by atoms with E-state index in [-0.39, 0.29) is 11.2 Å². The summed E-state index contributed by atoms with van der Waals surface area (Å²) in [7, 11) is -2.19. The smallest absolute Gasteiger partial charge is 0.287 e. The van der Waals surface area contributed by atoms with Crippen molar-refractivity contribution in [2.45, 2.75) is 6.42 Å². The van der Waals surface area contributed by atoms with E-state index in [0.29, 0.717) is 17.0 Å². The number of nitrogens with two attached hydrogens (primary N) is 1. The molecule has 0 fully saturated rings. The number of anilines is 1. The van der Waals surface area contributed by atoms with Gasteiger partial charge < -0.3 is 5.73 Å². The lowest BCUT2D eigenvalue weighted by atomic mass is 10.1. The van der Waals surface area contributed by atoms with Crippen molar-refractivity contribution in [1.29, 1.82) is 0 Å². The van der Waals surface area contributed by atoms with E-state index in [9.17, 15) is 13.2 Å². The quantitative estimate of drug-likeness (QED) is 0.652. The number of nitrogens with zero attached hydrogens (tertiary/aromatic N) is 1. The van der Waals surface area contributed by atoms with Crippen molar-refractivity contribution in [3.63, 3.8) is 0 Å². The third-order valence-corrected chi connectivity index (χ3v) is 2.93. The number of allylic oxidation sites excluding steroid dienone is 4. The van der Waals surface area contributed by atoms with Gasteiger partial charge in [0.05, 0.1) is 16.8 Å². The molecular formula is C9H9N3O3S. The minimum absolute atomic E-state index is 0.122. The van der Waals surface area contributed by atoms with Crippen LogP contribution in [0.15, 0.2) is 29.2 Å². The Morgan fingerprint density at radius 1 is 1.38 bits per heavy atom. The molecule has 0 bridgehead atoms. The van der Waals surface area contributed by atoms with Gasteiger partial charge in [0.25, 0.3) is 5.56 Å². The minimum atomic E-state index is -2.19. The number of hydrogen-bond acceptors (Lipinski definition) is 4. The van der Waals surface area contributed by atoms with Gasteiger partial charge in [-0.15, -0.1) is 0 Å². The summed E-state index contributed by atoms with van der Waals surface area (Å²) in [5.41, 5.74) is 5.84. The molecule has 7 heteroatoms. The highest BCUT2D eigenvalue weighted by Gasteiger charge is 2.07. The van der Waals surface area contributed by atoms with Gasteiger partial charge in [-0.3, -0.25) is 14.6 Å². The van der Waals surface area contributed by atoms with Gasteiger partial charge in [0.15, 0.2) is 0 Å². The van der Waals surface area contributed by atoms with Crippen LogP contribution in [0.1, 0.15) is 6.42 Å². The first-order valence-corrected chi connectivity index (χ1v) is 5.56. The van der Waals surface area contributed by atoms with Gasteiger partial charge in [0.1, 0.15) is 5.69 Å². The summed E-state index contributed by atoms with van der Waals surface area (Å²) in [6.45, 7) is 0. The zero-order valence-electron chi connectivity index (χ0n) is 8.17. The van der Waals surface area contributed by atoms with Crippen LogP contribution in [-0.4, -0.2) is 23.1 Å². The van der Waals surface area contributed by atoms with Crippen molar-refractivity contribution in [1.82, 2.24) is 9.78 Å². The van der Waals surface area contributed by atoms with Crippen LogP contribution in [0.5, 0.6) is 0 Å². The topological polar surface area (TPSA) is 97.9 Å². The van der Waals surface area contributed by atoms with Crippen LogP contribution < -0.4 is 11.3 Å². The Kier molecular flexibility index (Phi) is 2.53. The van der Waals surface area contributed by atoms with E-state index < -0.39 is 10.3 Å². The average Bonchev–Trinajstić information content (AvgIpc) is 2.59. The molecule has 1 aliphatic carbocycles. The predicted octanol–water partition coefficient (Wildman–Crippen LogP) is -0.389. The lowest BCUT2D eigenvalue weighted by molar-refractivity contribution is 0.627. The second-order valence-electron chi connectivity index (χ2n) is 3.26. The van der Waals surface area contributed by atoms with Gasteiger partial charge >= 0.3 is 0 Å². The predicted molar refractivity (Wildman–Crippen MR) is 61.4 cm³/mol. The van der Waals surface area contributed by atoms with E-state index in [4.69, 9.17) is 5.73 Å². The molecule has 3 N–H and O–H groups in total. The van der Waals surface area contributed by atoms with Gasteiger partial charge in [0.2, 0.25) is 10.3 Å². The van der Waals surface area contributed by atoms with Gasteiger partial charge in [-0.2, -0.15) is 8.42 Å². The van der Waals surface area contributed by atoms with Gasteiger partial charge in [0, 0.05) is 6.42 Å². The second-order valence-corrected chi connectivity index (χ2v) is 4.26. The summed E-state index contributed by atoms with van der Waals surface area (Å²) >= 11 is 0. The third kappa shape index (κ3) is 1.84. The number of nitrogens with one attached hydrogen (secondary N) is 1. The van der Waals surface area contributed by atoms with Gasteiger partial charge in [-0.05, 0) is 12.2 Å². The Balaban J connectivity index is 2.38. The standard InChI is InChI=1S/C9H9N3O3S/c10-8-5-12(11-9(8)13)6-1-3-7(4-2-6)16(14)15/h1-3,5H,4,10H2,(H,11,13). The molecule has 0 radical (unpaired) electrons. The van der Waals surface area contributed by atoms with Crippen LogP contribution in [0.4, 0.5) is 5.69 Å². The van der Waals surface area contributed by atoms with Crippen molar-refractivity contribution < 1.29 is 8.42 Å². The molecule has 0 saturated carbocycles. The van der Waals surface area contributed by atoms with E-state index in [2.05, 4.69) is 5.10 Å². The summed E-state index contributed by atoms with van der Waals surface area (Å²) in [6, 6.07) is 0. The normalized spacial score (nSPS) is 15.0. The SMILES string of the molecule is Nc1cn(C2=CCC(=S(=O)=O)C=C2)[nH]c1=O. The molecule has 1 heterocycles. The Bertz CT molecular complexity index is 665. The summed E-state index contributed by atoms with van der Waals surface area (Å²) in [6.07, 6.45) is 6.55. The molecule has 0 aromatic carbocycles. The van der Waals surface area contributed by atoms with Crippen LogP contribution >= 0.6 is 0 Å². The molecule has 2 rings (SSSR count). The maximum atomic E-state index is 11.1. The number of hydrogen-bond donors (Lipinski definition) is 2. The Labute approximate surface area is 92.2 Å². The van der Waals surface area contributed by atoms with E-state index in [1.807, 2.05) is 0 Å². The molecule has 1 aromatic heterocycles. The van der Waals surface area contributed by atoms with Crippen molar-refractivity contribution in [2.75, 3.05) is 5.73 Å². The molecule has 6 nitrogen and oxygen atoms in total. The number of rotatable bonds is 1. The first kappa shape index (κ1) is 10.5. The zero-order chi connectivity index (χ0) is 11.7. The second kappa shape index (κ2) is 3.86. The fourth-order valence-corrected chi connectivity index (χ4v) is 1.76. The summed E-state index contributed by atoms with van der Waals surface area (Å²) in [4.78, 5) is 11.4. The fourth-order valence-electron chi connectivity index (χ4n) is 1.36. The largest absolute Gasteiger partial charge is 0.393 e. The van der Waals surface area contributed by atoms with Crippen molar-refractivity contribution in [3.05, 3.63) is 34.8 Å². The molecule has 1 aliphatic rings. The lowest BCUT2D eigenvalue weighted by Crippen LogP contribution is -2.08. The van der Waals surface area contributed by atoms with E-state index in [1.165, 1.54) is 17.0 Å². The molecule has 0 atom stereocenters. The zero-order valence-corrected chi connectivity index (χ0v) is 8.99. The average molecular weight is 239 g/mol. The molecule has 16 heavy (non-hydrogen) atoms. The highest BCUT2D eigenvalue weighted by molar-refractivity contribution is 7.73. The molecule has 1 aromatic rings. The Hall–Kier alpha value is -2.02. The first-order chi connectivity index (χ1) is 7.58. The summed E-state index contributed by atoms with van der Waals surface area (Å²) in [5.74, 6) is 0. The number of aromatic amines is 1. The van der Waals surface area contributed by atoms with Crippen molar-refractivity contribution in [3.8, 4) is 0 Å². The number of aromatic nitrogens is 2. The summed E-state index contributed by atoms with van der Waals surface area (Å²) < 4.78 is 22.8. The van der Waals surface area contributed by atoms with Gasteiger partial charge in [-0.25, -0.2) is 0 Å². The van der Waals surface area contributed by atoms with Crippen LogP contribution in [0.3, 0.4) is 0 Å². The van der Waals surface area contributed by atoms with Crippen LogP contribution in [-0.2, 0) is 10.3 Å². The van der Waals surface area contributed by atoms with E-state index >= 15 is 0 Å². The maximum Gasteiger partial charge on any atom is 0.287 e. The lowest BCUT2D eigenvalue weighted by Gasteiger charge is -2.07. The van der Waals surface area contributed by atoms with Crippen molar-refractivity contribution in [2.24, 2.45) is 0 Å². The Morgan fingerprint density at radius 2 is 2.12 bits per heavy atom. The maximum absolute atomic E-state index is 11.1. The third-order valence-electron chi connectivity index (χ3n) is 2.20. The molecule has 0 spiro atoms. The molecular weight excluding hydrogens is 230 g/mol. The molecule has 0 unspecified atom stereocenters. The Morgan fingerprint density at radius 3 is 2.56 bits per heavy atom. The minimum Gasteiger partial charge on any atom is -0.393 e. The first-order valence-electron chi connectivity index (χ1n) is 4.49.